The molecule has 2 bridgehead atoms. The SMILES string of the molecule is N#C[C@@H]1C[C@H](F)CN1C(=O)CNC12CCC(C(=O)N3CC[C@@H](F)C3)(CC1)CC2. The van der Waals surface area contributed by atoms with Crippen LogP contribution in [0.5, 0.6) is 0 Å². The van der Waals surface area contributed by atoms with Crippen LogP contribution in [0.15, 0.2) is 0 Å². The lowest BCUT2D eigenvalue weighted by molar-refractivity contribution is -0.149. The second-order valence-electron chi connectivity index (χ2n) is 9.08. The Bertz CT molecular complexity index is 670. The number of nitrogens with zero attached hydrogens (tertiary/aromatic N) is 3. The molecule has 2 saturated heterocycles. The van der Waals surface area contributed by atoms with Crippen LogP contribution in [0.25, 0.3) is 0 Å². The van der Waals surface area contributed by atoms with Gasteiger partial charge in [0.2, 0.25) is 11.8 Å². The number of nitriles is 1. The molecule has 0 aromatic carbocycles. The molecule has 8 heteroatoms. The minimum atomic E-state index is -1.13. The van der Waals surface area contributed by atoms with Crippen LogP contribution >= 0.6 is 0 Å². The third kappa shape index (κ3) is 3.38. The van der Waals surface area contributed by atoms with Crippen molar-refractivity contribution in [2.24, 2.45) is 5.41 Å². The Balaban J connectivity index is 1.32. The zero-order valence-electron chi connectivity index (χ0n) is 16.1. The van der Waals surface area contributed by atoms with E-state index in [0.717, 1.165) is 38.5 Å². The lowest BCUT2D eigenvalue weighted by atomic mass is 9.56. The Morgan fingerprint density at radius 2 is 1.75 bits per heavy atom. The van der Waals surface area contributed by atoms with Crippen molar-refractivity contribution in [3.8, 4) is 6.07 Å². The van der Waals surface area contributed by atoms with Crippen molar-refractivity contribution in [2.75, 3.05) is 26.2 Å². The molecule has 0 aromatic heterocycles. The van der Waals surface area contributed by atoms with Crippen LogP contribution in [-0.2, 0) is 9.59 Å². The zero-order valence-corrected chi connectivity index (χ0v) is 16.1. The summed E-state index contributed by atoms with van der Waals surface area (Å²) in [7, 11) is 0. The Morgan fingerprint density at radius 1 is 1.07 bits per heavy atom. The number of likely N-dealkylation sites (tertiary alicyclic amines) is 2. The van der Waals surface area contributed by atoms with Gasteiger partial charge in [0.15, 0.2) is 0 Å². The first-order chi connectivity index (χ1) is 13.4. The molecule has 5 fully saturated rings. The van der Waals surface area contributed by atoms with Gasteiger partial charge in [0.1, 0.15) is 18.4 Å². The topological polar surface area (TPSA) is 76.4 Å². The van der Waals surface area contributed by atoms with E-state index >= 15 is 0 Å². The average Bonchev–Trinajstić information content (AvgIpc) is 3.32. The standard InChI is InChI=1S/C20H28F2N4O2/c21-14-1-8-25(12-14)18(28)19-2-5-20(6-3-19,7-4-19)24-11-17(27)26-13-15(22)9-16(26)10-23/h14-16,24H,1-9,11-13H2/t14-,15+,16+,19?,20?/m1/s1. The molecule has 3 saturated carbocycles. The summed E-state index contributed by atoms with van der Waals surface area (Å²) in [5.74, 6) is -0.120. The fraction of sp³-hybridized carbons (Fsp3) is 0.850. The fourth-order valence-corrected chi connectivity index (χ4v) is 5.56. The van der Waals surface area contributed by atoms with Crippen LogP contribution < -0.4 is 5.32 Å². The van der Waals surface area contributed by atoms with Crippen molar-refractivity contribution >= 4 is 11.8 Å². The fourth-order valence-electron chi connectivity index (χ4n) is 5.56. The van der Waals surface area contributed by atoms with E-state index in [4.69, 9.17) is 5.26 Å². The van der Waals surface area contributed by atoms with Crippen LogP contribution in [0.1, 0.15) is 51.4 Å². The number of fused-ring (bicyclic) bond motifs is 3. The Hall–Kier alpha value is -1.75. The number of hydrogen-bond acceptors (Lipinski definition) is 4. The lowest BCUT2D eigenvalue weighted by Gasteiger charge is -2.53. The third-order valence-electron chi connectivity index (χ3n) is 7.45. The highest BCUT2D eigenvalue weighted by Gasteiger charge is 2.54. The maximum absolute atomic E-state index is 13.6. The summed E-state index contributed by atoms with van der Waals surface area (Å²) in [6, 6.07) is 1.33. The minimum absolute atomic E-state index is 0.00521. The second kappa shape index (κ2) is 7.25. The maximum Gasteiger partial charge on any atom is 0.237 e. The van der Waals surface area contributed by atoms with Crippen LogP contribution in [0.4, 0.5) is 8.78 Å². The average molecular weight is 394 g/mol. The molecule has 6 nitrogen and oxygen atoms in total. The van der Waals surface area contributed by atoms with E-state index in [1.807, 2.05) is 6.07 Å². The van der Waals surface area contributed by atoms with Crippen molar-refractivity contribution in [3.05, 3.63) is 0 Å². The van der Waals surface area contributed by atoms with E-state index in [9.17, 15) is 18.4 Å². The van der Waals surface area contributed by atoms with E-state index in [-0.39, 0.29) is 48.8 Å². The predicted molar refractivity (Wildman–Crippen MR) is 97.6 cm³/mol. The van der Waals surface area contributed by atoms with Gasteiger partial charge in [-0.25, -0.2) is 8.78 Å². The Labute approximate surface area is 164 Å². The Kier molecular flexibility index (Phi) is 5.07. The van der Waals surface area contributed by atoms with Gasteiger partial charge in [0, 0.05) is 23.9 Å². The van der Waals surface area contributed by atoms with E-state index in [1.165, 1.54) is 4.90 Å². The quantitative estimate of drug-likeness (QED) is 0.788. The summed E-state index contributed by atoms with van der Waals surface area (Å²) in [5, 5.41) is 12.5. The first-order valence-electron chi connectivity index (χ1n) is 10.4. The molecule has 2 aliphatic heterocycles. The van der Waals surface area contributed by atoms with Gasteiger partial charge in [-0.3, -0.25) is 9.59 Å². The highest BCUT2D eigenvalue weighted by atomic mass is 19.1. The van der Waals surface area contributed by atoms with Crippen molar-refractivity contribution in [2.45, 2.75) is 75.3 Å². The largest absolute Gasteiger partial charge is 0.339 e. The number of nitrogens with one attached hydrogen (secondary N) is 1. The molecule has 5 aliphatic rings. The first kappa shape index (κ1) is 19.6. The normalized spacial score (nSPS) is 40.0. The zero-order chi connectivity index (χ0) is 19.9. The van der Waals surface area contributed by atoms with Crippen LogP contribution in [-0.4, -0.2) is 71.7 Å². The third-order valence-corrected chi connectivity index (χ3v) is 7.45. The summed E-state index contributed by atoms with van der Waals surface area (Å²) in [5.41, 5.74) is -0.526. The summed E-state index contributed by atoms with van der Waals surface area (Å²) < 4.78 is 27.1. The number of alkyl halides is 2. The molecule has 0 aromatic rings. The highest BCUT2D eigenvalue weighted by Crippen LogP contribution is 2.53. The Morgan fingerprint density at radius 3 is 2.32 bits per heavy atom. The molecule has 5 rings (SSSR count). The molecular formula is C20H28F2N4O2. The molecule has 2 amide bonds. The summed E-state index contributed by atoms with van der Waals surface area (Å²) in [6.45, 7) is 0.839. The van der Waals surface area contributed by atoms with Gasteiger partial charge in [-0.05, 0) is 44.9 Å². The van der Waals surface area contributed by atoms with Gasteiger partial charge in [-0.2, -0.15) is 5.26 Å². The van der Waals surface area contributed by atoms with E-state index < -0.39 is 18.4 Å². The molecule has 0 spiro atoms. The molecule has 3 aliphatic carbocycles. The first-order valence-corrected chi connectivity index (χ1v) is 10.4. The molecule has 154 valence electrons. The van der Waals surface area contributed by atoms with Gasteiger partial charge in [-0.1, -0.05) is 0 Å². The van der Waals surface area contributed by atoms with Gasteiger partial charge in [0.25, 0.3) is 0 Å². The smallest absolute Gasteiger partial charge is 0.237 e. The van der Waals surface area contributed by atoms with Gasteiger partial charge >= 0.3 is 0 Å². The van der Waals surface area contributed by atoms with Gasteiger partial charge < -0.3 is 15.1 Å². The second-order valence-corrected chi connectivity index (χ2v) is 9.08. The summed E-state index contributed by atoms with van der Waals surface area (Å²) in [4.78, 5) is 28.5. The van der Waals surface area contributed by atoms with E-state index in [1.54, 1.807) is 4.90 Å². The molecule has 2 heterocycles. The van der Waals surface area contributed by atoms with Crippen LogP contribution in [0.3, 0.4) is 0 Å². The number of halogens is 2. The van der Waals surface area contributed by atoms with Crippen molar-refractivity contribution in [3.63, 3.8) is 0 Å². The number of carbonyl (C=O) groups is 2. The molecule has 1 N–H and O–H groups in total. The van der Waals surface area contributed by atoms with E-state index in [2.05, 4.69) is 5.32 Å². The number of carbonyl (C=O) groups excluding carboxylic acids is 2. The predicted octanol–water partition coefficient (Wildman–Crippen LogP) is 1.70. The van der Waals surface area contributed by atoms with Crippen molar-refractivity contribution in [1.82, 2.24) is 15.1 Å². The lowest BCUT2D eigenvalue weighted by Crippen LogP contribution is -2.60. The number of hydrogen-bond donors (Lipinski definition) is 1. The molecule has 0 radical (unpaired) electrons. The number of amides is 2. The van der Waals surface area contributed by atoms with Crippen LogP contribution in [0.2, 0.25) is 0 Å². The number of rotatable bonds is 4. The van der Waals surface area contributed by atoms with Gasteiger partial charge in [0.05, 0.1) is 25.7 Å². The van der Waals surface area contributed by atoms with E-state index in [0.29, 0.717) is 13.0 Å². The molecule has 0 unspecified atom stereocenters. The van der Waals surface area contributed by atoms with Crippen LogP contribution in [0, 0.1) is 16.7 Å². The molecule has 3 atom stereocenters. The maximum atomic E-state index is 13.6. The highest BCUT2D eigenvalue weighted by molar-refractivity contribution is 5.83. The summed E-state index contributed by atoms with van der Waals surface area (Å²) in [6.07, 6.45) is 3.23. The van der Waals surface area contributed by atoms with Crippen molar-refractivity contribution < 1.29 is 18.4 Å². The van der Waals surface area contributed by atoms with Crippen molar-refractivity contribution in [1.29, 1.82) is 5.26 Å². The summed E-state index contributed by atoms with van der Waals surface area (Å²) >= 11 is 0. The molecule has 28 heavy (non-hydrogen) atoms. The minimum Gasteiger partial charge on any atom is -0.339 e. The monoisotopic (exact) mass is 394 g/mol. The molecular weight excluding hydrogens is 366 g/mol. The van der Waals surface area contributed by atoms with Gasteiger partial charge in [-0.15, -0.1) is 0 Å².